The van der Waals surface area contributed by atoms with Gasteiger partial charge in [-0.25, -0.2) is 13.6 Å². The van der Waals surface area contributed by atoms with E-state index in [0.29, 0.717) is 11.8 Å². The smallest absolute Gasteiger partial charge is 0.240 e. The minimum Gasteiger partial charge on any atom is -0.325 e. The molecule has 5 nitrogen and oxygen atoms in total. The van der Waals surface area contributed by atoms with Crippen LogP contribution in [0.3, 0.4) is 0 Å². The van der Waals surface area contributed by atoms with Crippen LogP contribution in [0.1, 0.15) is 19.3 Å². The van der Waals surface area contributed by atoms with Gasteiger partial charge in [0.25, 0.3) is 0 Å². The molecule has 19 heavy (non-hydrogen) atoms. The fourth-order valence-electron chi connectivity index (χ4n) is 3.24. The van der Waals surface area contributed by atoms with Crippen molar-refractivity contribution in [2.24, 2.45) is 22.9 Å². The van der Waals surface area contributed by atoms with Gasteiger partial charge in [-0.2, -0.15) is 0 Å². The summed E-state index contributed by atoms with van der Waals surface area (Å²) in [6, 6.07) is 6.23. The van der Waals surface area contributed by atoms with Crippen molar-refractivity contribution in [3.8, 4) is 0 Å². The summed E-state index contributed by atoms with van der Waals surface area (Å²) in [6.07, 6.45) is 3.42. The first-order chi connectivity index (χ1) is 8.98. The van der Waals surface area contributed by atoms with Gasteiger partial charge in [-0.05, 0) is 36.8 Å². The second kappa shape index (κ2) is 4.31. The zero-order valence-electron chi connectivity index (χ0n) is 10.4. The number of rotatable bonds is 3. The van der Waals surface area contributed by atoms with Crippen LogP contribution in [-0.2, 0) is 14.8 Å². The Morgan fingerprint density at radius 1 is 1.21 bits per heavy atom. The molecular formula is C13H16N2O3S. The van der Waals surface area contributed by atoms with E-state index in [2.05, 4.69) is 5.32 Å². The molecule has 2 atom stereocenters. The minimum absolute atomic E-state index is 0.0332. The minimum atomic E-state index is -3.82. The Labute approximate surface area is 112 Å². The number of hydrogen-bond acceptors (Lipinski definition) is 3. The average molecular weight is 280 g/mol. The summed E-state index contributed by atoms with van der Waals surface area (Å²) in [5.41, 5.74) is 0.278. The van der Waals surface area contributed by atoms with Crippen molar-refractivity contribution in [2.75, 3.05) is 5.32 Å². The Hall–Kier alpha value is -1.40. The lowest BCUT2D eigenvalue weighted by atomic mass is 10.1. The fraction of sp³-hybridized carbons (Fsp3) is 0.462. The first-order valence-corrected chi connectivity index (χ1v) is 7.96. The van der Waals surface area contributed by atoms with Crippen LogP contribution in [0.25, 0.3) is 0 Å². The molecule has 2 fully saturated rings. The van der Waals surface area contributed by atoms with E-state index in [-0.39, 0.29) is 22.4 Å². The molecule has 3 rings (SSSR count). The predicted molar refractivity (Wildman–Crippen MR) is 70.8 cm³/mol. The van der Waals surface area contributed by atoms with E-state index >= 15 is 0 Å². The molecule has 0 aromatic heterocycles. The van der Waals surface area contributed by atoms with E-state index in [4.69, 9.17) is 5.14 Å². The summed E-state index contributed by atoms with van der Waals surface area (Å²) in [5, 5.41) is 7.85. The zero-order chi connectivity index (χ0) is 13.6. The van der Waals surface area contributed by atoms with Gasteiger partial charge >= 0.3 is 0 Å². The Balaban J connectivity index is 1.79. The molecule has 6 heteroatoms. The number of sulfonamides is 1. The van der Waals surface area contributed by atoms with E-state index in [1.165, 1.54) is 12.5 Å². The molecule has 1 amide bonds. The number of para-hydroxylation sites is 1. The van der Waals surface area contributed by atoms with Gasteiger partial charge in [0, 0.05) is 5.92 Å². The van der Waals surface area contributed by atoms with E-state index in [9.17, 15) is 13.2 Å². The van der Waals surface area contributed by atoms with Crippen LogP contribution in [0.15, 0.2) is 29.2 Å². The van der Waals surface area contributed by atoms with Gasteiger partial charge in [0.05, 0.1) is 5.69 Å². The normalized spacial score (nSPS) is 28.8. The van der Waals surface area contributed by atoms with Crippen LogP contribution in [0, 0.1) is 17.8 Å². The number of nitrogens with one attached hydrogen (secondary N) is 1. The highest BCUT2D eigenvalue weighted by Gasteiger charge is 2.56. The van der Waals surface area contributed by atoms with Crippen molar-refractivity contribution >= 4 is 21.6 Å². The number of hydrogen-bond donors (Lipinski definition) is 2. The molecule has 1 aromatic rings. The number of amides is 1. The molecule has 2 aliphatic rings. The maximum absolute atomic E-state index is 12.1. The number of fused-ring (bicyclic) bond motifs is 1. The van der Waals surface area contributed by atoms with Gasteiger partial charge < -0.3 is 5.32 Å². The lowest BCUT2D eigenvalue weighted by Gasteiger charge is -2.10. The molecular weight excluding hydrogens is 264 g/mol. The van der Waals surface area contributed by atoms with Crippen molar-refractivity contribution in [3.05, 3.63) is 24.3 Å². The van der Waals surface area contributed by atoms with Crippen LogP contribution in [0.5, 0.6) is 0 Å². The second-order valence-electron chi connectivity index (χ2n) is 5.31. The maximum atomic E-state index is 12.1. The van der Waals surface area contributed by atoms with Gasteiger partial charge in [0.2, 0.25) is 15.9 Å². The van der Waals surface area contributed by atoms with Crippen LogP contribution < -0.4 is 10.5 Å². The van der Waals surface area contributed by atoms with E-state index in [1.54, 1.807) is 18.2 Å². The second-order valence-corrected chi connectivity index (χ2v) is 6.84. The molecule has 2 saturated carbocycles. The quantitative estimate of drug-likeness (QED) is 0.875. The predicted octanol–water partition coefficient (Wildman–Crippen LogP) is 1.32. The number of primary sulfonamides is 1. The SMILES string of the molecule is NS(=O)(=O)c1ccccc1NC(=O)C1C2CCCC21. The zero-order valence-corrected chi connectivity index (χ0v) is 11.2. The monoisotopic (exact) mass is 280 g/mol. The standard InChI is InChI=1S/C13H16N2O3S/c14-19(17,18)11-7-2-1-6-10(11)15-13(16)12-8-4-3-5-9(8)12/h1-2,6-9,12H,3-5H2,(H,15,16)(H2,14,17,18). The van der Waals surface area contributed by atoms with Crippen LogP contribution in [0.2, 0.25) is 0 Å². The molecule has 2 unspecified atom stereocenters. The molecule has 2 aliphatic carbocycles. The Kier molecular flexibility index (Phi) is 2.87. The van der Waals surface area contributed by atoms with E-state index < -0.39 is 10.0 Å². The van der Waals surface area contributed by atoms with Crippen molar-refractivity contribution in [1.82, 2.24) is 0 Å². The molecule has 0 heterocycles. The first kappa shape index (κ1) is 12.6. The summed E-state index contributed by atoms with van der Waals surface area (Å²) < 4.78 is 22.9. The molecule has 0 radical (unpaired) electrons. The molecule has 0 spiro atoms. The Bertz CT molecular complexity index is 617. The van der Waals surface area contributed by atoms with Crippen molar-refractivity contribution < 1.29 is 13.2 Å². The third-order valence-electron chi connectivity index (χ3n) is 4.16. The molecule has 0 saturated heterocycles. The summed E-state index contributed by atoms with van der Waals surface area (Å²) in [6.45, 7) is 0. The van der Waals surface area contributed by atoms with Crippen LogP contribution >= 0.6 is 0 Å². The highest BCUT2D eigenvalue weighted by atomic mass is 32.2. The van der Waals surface area contributed by atoms with Gasteiger partial charge in [0.15, 0.2) is 0 Å². The maximum Gasteiger partial charge on any atom is 0.240 e. The third kappa shape index (κ3) is 2.26. The van der Waals surface area contributed by atoms with E-state index in [1.807, 2.05) is 0 Å². The largest absolute Gasteiger partial charge is 0.325 e. The Morgan fingerprint density at radius 2 is 1.84 bits per heavy atom. The number of nitrogens with two attached hydrogens (primary N) is 1. The van der Waals surface area contributed by atoms with Crippen molar-refractivity contribution in [2.45, 2.75) is 24.2 Å². The van der Waals surface area contributed by atoms with Gasteiger partial charge in [-0.3, -0.25) is 4.79 Å². The molecule has 1 aromatic carbocycles. The van der Waals surface area contributed by atoms with E-state index in [0.717, 1.165) is 12.8 Å². The Morgan fingerprint density at radius 3 is 2.47 bits per heavy atom. The fourth-order valence-corrected chi connectivity index (χ4v) is 3.94. The topological polar surface area (TPSA) is 89.3 Å². The summed E-state index contributed by atoms with van der Waals surface area (Å²) in [7, 11) is -3.82. The number of benzene rings is 1. The van der Waals surface area contributed by atoms with Gasteiger partial charge in [0.1, 0.15) is 4.90 Å². The van der Waals surface area contributed by atoms with Crippen molar-refractivity contribution in [3.63, 3.8) is 0 Å². The number of carbonyl (C=O) groups is 1. The summed E-state index contributed by atoms with van der Waals surface area (Å²) in [4.78, 5) is 12.1. The molecule has 0 bridgehead atoms. The van der Waals surface area contributed by atoms with Crippen LogP contribution in [-0.4, -0.2) is 14.3 Å². The van der Waals surface area contributed by atoms with Gasteiger partial charge in [-0.15, -0.1) is 0 Å². The highest BCUT2D eigenvalue weighted by Crippen LogP contribution is 2.57. The molecule has 0 aliphatic heterocycles. The summed E-state index contributed by atoms with van der Waals surface area (Å²) in [5.74, 6) is 0.983. The lowest BCUT2D eigenvalue weighted by Crippen LogP contribution is -2.20. The number of carbonyl (C=O) groups excluding carboxylic acids is 1. The molecule has 3 N–H and O–H groups in total. The van der Waals surface area contributed by atoms with Crippen molar-refractivity contribution in [1.29, 1.82) is 0 Å². The number of anilines is 1. The first-order valence-electron chi connectivity index (χ1n) is 6.41. The molecule has 102 valence electrons. The van der Waals surface area contributed by atoms with Crippen LogP contribution in [0.4, 0.5) is 5.69 Å². The summed E-state index contributed by atoms with van der Waals surface area (Å²) >= 11 is 0. The van der Waals surface area contributed by atoms with Gasteiger partial charge in [-0.1, -0.05) is 18.6 Å². The highest BCUT2D eigenvalue weighted by molar-refractivity contribution is 7.89. The third-order valence-corrected chi connectivity index (χ3v) is 5.13. The average Bonchev–Trinajstić information content (AvgIpc) is 2.83. The lowest BCUT2D eigenvalue weighted by molar-refractivity contribution is -0.118.